The Kier molecular flexibility index (Phi) is 3.87. The number of halogens is 1. The maximum Gasteiger partial charge on any atom is 0.349 e. The van der Waals surface area contributed by atoms with Gasteiger partial charge in [0.05, 0.1) is 19.3 Å². The molecule has 1 aromatic carbocycles. The molecule has 0 unspecified atom stereocenters. The smallest absolute Gasteiger partial charge is 0.349 e. The standard InChI is InChI=1S/C13H14ClN5O2/c14-9-4-7(10-6-21-2-1-16-10)3-8(5-9)11-17-12(15)19-13(20)18-11/h3-5,10,16H,1-2,6H2,(H3,15,17,18,19,20)/t10-/m0/s1. The minimum Gasteiger partial charge on any atom is -0.378 e. The highest BCUT2D eigenvalue weighted by Gasteiger charge is 2.17. The SMILES string of the molecule is Nc1nc(-c2cc(Cl)cc([C@@H]3COCCN3)c2)nc(=O)[nH]1. The van der Waals surface area contributed by atoms with Gasteiger partial charge in [-0.3, -0.25) is 4.98 Å². The molecular weight excluding hydrogens is 294 g/mol. The average Bonchev–Trinajstić information content (AvgIpc) is 2.46. The Balaban J connectivity index is 2.02. The molecule has 0 amide bonds. The van der Waals surface area contributed by atoms with Crippen molar-refractivity contribution < 1.29 is 4.74 Å². The zero-order valence-corrected chi connectivity index (χ0v) is 11.9. The lowest BCUT2D eigenvalue weighted by Crippen LogP contribution is -2.34. The number of hydrogen-bond donors (Lipinski definition) is 3. The molecule has 1 aliphatic rings. The van der Waals surface area contributed by atoms with E-state index < -0.39 is 5.69 Å². The number of aromatic amines is 1. The van der Waals surface area contributed by atoms with E-state index in [0.29, 0.717) is 23.8 Å². The van der Waals surface area contributed by atoms with Crippen LogP contribution in [-0.2, 0) is 4.74 Å². The van der Waals surface area contributed by atoms with Gasteiger partial charge in [0.2, 0.25) is 5.95 Å². The Morgan fingerprint density at radius 1 is 1.33 bits per heavy atom. The summed E-state index contributed by atoms with van der Waals surface area (Å²) in [6, 6.07) is 5.49. The lowest BCUT2D eigenvalue weighted by Gasteiger charge is -2.24. The molecule has 1 aromatic heterocycles. The maximum absolute atomic E-state index is 11.4. The quantitative estimate of drug-likeness (QED) is 0.755. The minimum absolute atomic E-state index is 0.0191. The number of nitrogens with two attached hydrogens (primary N) is 1. The number of nitrogens with zero attached hydrogens (tertiary/aromatic N) is 2. The van der Waals surface area contributed by atoms with Crippen molar-refractivity contribution in [3.05, 3.63) is 39.3 Å². The van der Waals surface area contributed by atoms with Crippen LogP contribution in [0.4, 0.5) is 5.95 Å². The summed E-state index contributed by atoms with van der Waals surface area (Å²) in [5.74, 6) is 0.266. The van der Waals surface area contributed by atoms with Crippen LogP contribution in [0.25, 0.3) is 11.4 Å². The fraction of sp³-hybridized carbons (Fsp3) is 0.308. The molecule has 2 aromatic rings. The third-order valence-corrected chi connectivity index (χ3v) is 3.39. The number of H-pyrrole nitrogens is 1. The van der Waals surface area contributed by atoms with Crippen molar-refractivity contribution in [3.8, 4) is 11.4 Å². The molecule has 0 bridgehead atoms. The third kappa shape index (κ3) is 3.21. The summed E-state index contributed by atoms with van der Waals surface area (Å²) in [5, 5.41) is 3.89. The summed E-state index contributed by atoms with van der Waals surface area (Å²) in [6.07, 6.45) is 0. The Hall–Kier alpha value is -1.96. The van der Waals surface area contributed by atoms with Crippen LogP contribution in [0.3, 0.4) is 0 Å². The van der Waals surface area contributed by atoms with E-state index >= 15 is 0 Å². The summed E-state index contributed by atoms with van der Waals surface area (Å²) < 4.78 is 5.45. The van der Waals surface area contributed by atoms with E-state index in [1.165, 1.54) is 0 Å². The molecule has 1 atom stereocenters. The number of hydrogen-bond acceptors (Lipinski definition) is 6. The third-order valence-electron chi connectivity index (χ3n) is 3.17. The van der Waals surface area contributed by atoms with E-state index in [0.717, 1.165) is 12.1 Å². The maximum atomic E-state index is 11.4. The Labute approximate surface area is 125 Å². The summed E-state index contributed by atoms with van der Waals surface area (Å²) in [7, 11) is 0. The van der Waals surface area contributed by atoms with Gasteiger partial charge in [-0.15, -0.1) is 0 Å². The number of ether oxygens (including phenoxy) is 1. The molecule has 8 heteroatoms. The highest BCUT2D eigenvalue weighted by atomic mass is 35.5. The molecular formula is C13H14ClN5O2. The monoisotopic (exact) mass is 307 g/mol. The van der Waals surface area contributed by atoms with Crippen molar-refractivity contribution in [3.63, 3.8) is 0 Å². The van der Waals surface area contributed by atoms with Crippen molar-refractivity contribution >= 4 is 17.5 Å². The molecule has 0 radical (unpaired) electrons. The van der Waals surface area contributed by atoms with Gasteiger partial charge in [0.1, 0.15) is 0 Å². The molecule has 110 valence electrons. The van der Waals surface area contributed by atoms with E-state index in [9.17, 15) is 4.79 Å². The highest BCUT2D eigenvalue weighted by Crippen LogP contribution is 2.26. The summed E-state index contributed by atoms with van der Waals surface area (Å²) in [4.78, 5) is 21.6. The van der Waals surface area contributed by atoms with Crippen LogP contribution in [0.2, 0.25) is 5.02 Å². The fourth-order valence-corrected chi connectivity index (χ4v) is 2.50. The van der Waals surface area contributed by atoms with Crippen LogP contribution in [0.5, 0.6) is 0 Å². The predicted octanol–water partition coefficient (Wildman–Crippen LogP) is 0.728. The van der Waals surface area contributed by atoms with Crippen molar-refractivity contribution in [2.75, 3.05) is 25.5 Å². The minimum atomic E-state index is -0.543. The van der Waals surface area contributed by atoms with Gasteiger partial charge in [0, 0.05) is 17.1 Å². The highest BCUT2D eigenvalue weighted by molar-refractivity contribution is 6.30. The second-order valence-electron chi connectivity index (χ2n) is 4.72. The molecule has 3 rings (SSSR count). The molecule has 0 saturated carbocycles. The number of aromatic nitrogens is 3. The molecule has 1 saturated heterocycles. The molecule has 1 aliphatic heterocycles. The molecule has 2 heterocycles. The first-order valence-corrected chi connectivity index (χ1v) is 6.85. The van der Waals surface area contributed by atoms with E-state index in [2.05, 4.69) is 20.3 Å². The van der Waals surface area contributed by atoms with Gasteiger partial charge in [-0.25, -0.2) is 4.79 Å². The van der Waals surface area contributed by atoms with E-state index in [1.54, 1.807) is 6.07 Å². The van der Waals surface area contributed by atoms with Gasteiger partial charge in [-0.2, -0.15) is 9.97 Å². The lowest BCUT2D eigenvalue weighted by atomic mass is 10.0. The van der Waals surface area contributed by atoms with E-state index in [1.807, 2.05) is 12.1 Å². The van der Waals surface area contributed by atoms with Crippen molar-refractivity contribution in [2.24, 2.45) is 0 Å². The van der Waals surface area contributed by atoms with Gasteiger partial charge in [-0.1, -0.05) is 11.6 Å². The first-order chi connectivity index (χ1) is 10.1. The zero-order chi connectivity index (χ0) is 14.8. The van der Waals surface area contributed by atoms with Crippen molar-refractivity contribution in [1.29, 1.82) is 0 Å². The first-order valence-electron chi connectivity index (χ1n) is 6.47. The number of nitrogen functional groups attached to an aromatic ring is 1. The number of rotatable bonds is 2. The molecule has 0 spiro atoms. The summed E-state index contributed by atoms with van der Waals surface area (Å²) in [6.45, 7) is 2.04. The van der Waals surface area contributed by atoms with Crippen LogP contribution < -0.4 is 16.7 Å². The average molecular weight is 308 g/mol. The topological polar surface area (TPSA) is 106 Å². The van der Waals surface area contributed by atoms with Gasteiger partial charge in [0.25, 0.3) is 0 Å². The van der Waals surface area contributed by atoms with E-state index in [4.69, 9.17) is 22.1 Å². The van der Waals surface area contributed by atoms with Crippen LogP contribution in [0.1, 0.15) is 11.6 Å². The number of morpholine rings is 1. The zero-order valence-electron chi connectivity index (χ0n) is 11.1. The number of benzene rings is 1. The second kappa shape index (κ2) is 5.80. The molecule has 4 N–H and O–H groups in total. The fourth-order valence-electron chi connectivity index (χ4n) is 2.25. The van der Waals surface area contributed by atoms with Crippen LogP contribution >= 0.6 is 11.6 Å². The number of nitrogens with one attached hydrogen (secondary N) is 2. The molecule has 1 fully saturated rings. The predicted molar refractivity (Wildman–Crippen MR) is 79.1 cm³/mol. The second-order valence-corrected chi connectivity index (χ2v) is 5.15. The normalized spacial score (nSPS) is 18.6. The Bertz CT molecular complexity index is 712. The van der Waals surface area contributed by atoms with Gasteiger partial charge >= 0.3 is 5.69 Å². The van der Waals surface area contributed by atoms with Gasteiger partial charge in [0.15, 0.2) is 5.82 Å². The molecule has 7 nitrogen and oxygen atoms in total. The van der Waals surface area contributed by atoms with Crippen LogP contribution in [0, 0.1) is 0 Å². The van der Waals surface area contributed by atoms with Crippen LogP contribution in [0.15, 0.2) is 23.0 Å². The molecule has 0 aliphatic carbocycles. The Morgan fingerprint density at radius 3 is 2.90 bits per heavy atom. The first kappa shape index (κ1) is 14.0. The van der Waals surface area contributed by atoms with Gasteiger partial charge in [-0.05, 0) is 23.8 Å². The number of anilines is 1. The lowest BCUT2D eigenvalue weighted by molar-refractivity contribution is 0.0769. The van der Waals surface area contributed by atoms with E-state index in [-0.39, 0.29) is 17.8 Å². The van der Waals surface area contributed by atoms with Crippen molar-refractivity contribution in [1.82, 2.24) is 20.3 Å². The summed E-state index contributed by atoms with van der Waals surface area (Å²) >= 11 is 6.16. The van der Waals surface area contributed by atoms with Crippen LogP contribution in [-0.4, -0.2) is 34.7 Å². The molecule has 21 heavy (non-hydrogen) atoms. The van der Waals surface area contributed by atoms with Crippen molar-refractivity contribution in [2.45, 2.75) is 6.04 Å². The Morgan fingerprint density at radius 2 is 2.19 bits per heavy atom. The summed E-state index contributed by atoms with van der Waals surface area (Å²) in [5.41, 5.74) is 6.60. The van der Waals surface area contributed by atoms with Gasteiger partial charge < -0.3 is 15.8 Å². The largest absolute Gasteiger partial charge is 0.378 e.